The van der Waals surface area contributed by atoms with E-state index < -0.39 is 0 Å². The third kappa shape index (κ3) is 2.11. The fourth-order valence-electron chi connectivity index (χ4n) is 1.52. The van der Waals surface area contributed by atoms with E-state index in [1.54, 1.807) is 0 Å². The van der Waals surface area contributed by atoms with Crippen LogP contribution in [0.15, 0.2) is 0 Å². The quantitative estimate of drug-likeness (QED) is 0.621. The molecule has 0 aromatic carbocycles. The summed E-state index contributed by atoms with van der Waals surface area (Å²) in [6.45, 7) is 4.04. The first kappa shape index (κ1) is 9.32. The van der Waals surface area contributed by atoms with Crippen molar-refractivity contribution in [3.63, 3.8) is 0 Å². The highest BCUT2D eigenvalue weighted by Gasteiger charge is 2.24. The molecular formula is C8H17N3O. The monoisotopic (exact) mass is 171 g/mol. The number of urea groups is 1. The number of carbonyl (C=O) groups is 1. The lowest BCUT2D eigenvalue weighted by molar-refractivity contribution is 0.196. The van der Waals surface area contributed by atoms with Crippen molar-refractivity contribution in [3.05, 3.63) is 0 Å². The van der Waals surface area contributed by atoms with Gasteiger partial charge in [0, 0.05) is 25.7 Å². The molecule has 1 rings (SSSR count). The van der Waals surface area contributed by atoms with Gasteiger partial charge in [0.2, 0.25) is 0 Å². The summed E-state index contributed by atoms with van der Waals surface area (Å²) in [6, 6.07) is 0.424. The van der Waals surface area contributed by atoms with Crippen LogP contribution in [0, 0.1) is 0 Å². The van der Waals surface area contributed by atoms with Gasteiger partial charge in [-0.15, -0.1) is 0 Å². The first-order valence-electron chi connectivity index (χ1n) is 4.50. The summed E-state index contributed by atoms with van der Waals surface area (Å²) < 4.78 is 0. The molecule has 0 aromatic rings. The Morgan fingerprint density at radius 1 is 1.75 bits per heavy atom. The minimum absolute atomic E-state index is 0.0328. The summed E-state index contributed by atoms with van der Waals surface area (Å²) in [7, 11) is 0. The predicted molar refractivity (Wildman–Crippen MR) is 47.9 cm³/mol. The van der Waals surface area contributed by atoms with Gasteiger partial charge < -0.3 is 16.0 Å². The minimum atomic E-state index is 0.0328. The number of nitrogens with zero attached hydrogens (tertiary/aromatic N) is 1. The molecule has 0 spiro atoms. The molecule has 0 saturated carbocycles. The van der Waals surface area contributed by atoms with E-state index in [1.807, 2.05) is 4.90 Å². The zero-order chi connectivity index (χ0) is 8.97. The van der Waals surface area contributed by atoms with Crippen LogP contribution in [-0.4, -0.2) is 36.6 Å². The Bertz CT molecular complexity index is 160. The second-order valence-corrected chi connectivity index (χ2v) is 3.21. The van der Waals surface area contributed by atoms with Crippen molar-refractivity contribution >= 4 is 6.03 Å². The van der Waals surface area contributed by atoms with Crippen molar-refractivity contribution in [3.8, 4) is 0 Å². The van der Waals surface area contributed by atoms with Gasteiger partial charge in [-0.05, 0) is 19.8 Å². The van der Waals surface area contributed by atoms with E-state index in [4.69, 9.17) is 5.73 Å². The molecule has 1 fully saturated rings. The maximum atomic E-state index is 11.4. The SMILES string of the molecule is CC1CCCN1C(=O)NCCN. The summed E-state index contributed by atoms with van der Waals surface area (Å²) in [5.74, 6) is 0. The zero-order valence-corrected chi connectivity index (χ0v) is 7.55. The number of nitrogens with one attached hydrogen (secondary N) is 1. The van der Waals surface area contributed by atoms with Crippen LogP contribution in [0.25, 0.3) is 0 Å². The summed E-state index contributed by atoms with van der Waals surface area (Å²) in [6.07, 6.45) is 2.24. The van der Waals surface area contributed by atoms with Gasteiger partial charge in [-0.25, -0.2) is 4.79 Å². The minimum Gasteiger partial charge on any atom is -0.337 e. The number of hydrogen-bond acceptors (Lipinski definition) is 2. The first-order chi connectivity index (χ1) is 5.75. The maximum Gasteiger partial charge on any atom is 0.317 e. The Morgan fingerprint density at radius 2 is 2.50 bits per heavy atom. The van der Waals surface area contributed by atoms with Gasteiger partial charge in [0.1, 0.15) is 0 Å². The molecule has 3 N–H and O–H groups in total. The number of amides is 2. The molecule has 2 amide bonds. The molecule has 1 saturated heterocycles. The first-order valence-corrected chi connectivity index (χ1v) is 4.50. The number of hydrogen-bond donors (Lipinski definition) is 2. The highest BCUT2D eigenvalue weighted by molar-refractivity contribution is 5.74. The van der Waals surface area contributed by atoms with Crippen molar-refractivity contribution in [1.29, 1.82) is 0 Å². The zero-order valence-electron chi connectivity index (χ0n) is 7.55. The summed E-state index contributed by atoms with van der Waals surface area (Å²) >= 11 is 0. The average molecular weight is 171 g/mol. The van der Waals surface area contributed by atoms with Gasteiger partial charge in [-0.1, -0.05) is 0 Å². The Hall–Kier alpha value is -0.770. The molecular weight excluding hydrogens is 154 g/mol. The van der Waals surface area contributed by atoms with E-state index in [0.29, 0.717) is 19.1 Å². The lowest BCUT2D eigenvalue weighted by Gasteiger charge is -2.21. The van der Waals surface area contributed by atoms with E-state index in [9.17, 15) is 4.79 Å². The second-order valence-electron chi connectivity index (χ2n) is 3.21. The van der Waals surface area contributed by atoms with Gasteiger partial charge in [0.15, 0.2) is 0 Å². The third-order valence-electron chi connectivity index (χ3n) is 2.23. The number of likely N-dealkylation sites (tertiary alicyclic amines) is 1. The fourth-order valence-corrected chi connectivity index (χ4v) is 1.52. The topological polar surface area (TPSA) is 58.4 Å². The molecule has 1 aliphatic heterocycles. The van der Waals surface area contributed by atoms with E-state index in [-0.39, 0.29) is 6.03 Å². The summed E-state index contributed by atoms with van der Waals surface area (Å²) in [4.78, 5) is 13.2. The summed E-state index contributed by atoms with van der Waals surface area (Å²) in [5, 5.41) is 2.77. The molecule has 0 bridgehead atoms. The molecule has 0 radical (unpaired) electrons. The van der Waals surface area contributed by atoms with Gasteiger partial charge in [0.05, 0.1) is 0 Å². The molecule has 1 aliphatic rings. The molecule has 4 heteroatoms. The van der Waals surface area contributed by atoms with Crippen LogP contribution >= 0.6 is 0 Å². The largest absolute Gasteiger partial charge is 0.337 e. The standard InChI is InChI=1S/C8H17N3O/c1-7-3-2-6-11(7)8(12)10-5-4-9/h7H,2-6,9H2,1H3,(H,10,12). The van der Waals surface area contributed by atoms with Gasteiger partial charge in [0.25, 0.3) is 0 Å². The van der Waals surface area contributed by atoms with Gasteiger partial charge >= 0.3 is 6.03 Å². The molecule has 0 aliphatic carbocycles. The van der Waals surface area contributed by atoms with Gasteiger partial charge in [-0.2, -0.15) is 0 Å². The third-order valence-corrected chi connectivity index (χ3v) is 2.23. The van der Waals surface area contributed by atoms with Crippen LogP contribution < -0.4 is 11.1 Å². The Balaban J connectivity index is 2.30. The fraction of sp³-hybridized carbons (Fsp3) is 0.875. The number of carbonyl (C=O) groups excluding carboxylic acids is 1. The average Bonchev–Trinajstić information content (AvgIpc) is 2.47. The van der Waals surface area contributed by atoms with Crippen molar-refractivity contribution < 1.29 is 4.79 Å². The molecule has 70 valence electrons. The Labute approximate surface area is 73.1 Å². The van der Waals surface area contributed by atoms with Crippen molar-refractivity contribution in [1.82, 2.24) is 10.2 Å². The van der Waals surface area contributed by atoms with Crippen molar-refractivity contribution in [2.75, 3.05) is 19.6 Å². The number of rotatable bonds is 2. The van der Waals surface area contributed by atoms with Crippen molar-refractivity contribution in [2.45, 2.75) is 25.8 Å². The number of nitrogens with two attached hydrogens (primary N) is 1. The molecule has 12 heavy (non-hydrogen) atoms. The Kier molecular flexibility index (Phi) is 3.34. The van der Waals surface area contributed by atoms with Crippen LogP contribution in [0.3, 0.4) is 0 Å². The van der Waals surface area contributed by atoms with Crippen LogP contribution in [0.1, 0.15) is 19.8 Å². The smallest absolute Gasteiger partial charge is 0.317 e. The Morgan fingerprint density at radius 3 is 3.00 bits per heavy atom. The van der Waals surface area contributed by atoms with Crippen LogP contribution in [0.4, 0.5) is 4.79 Å². The van der Waals surface area contributed by atoms with E-state index in [1.165, 1.54) is 0 Å². The van der Waals surface area contributed by atoms with E-state index in [2.05, 4.69) is 12.2 Å². The highest BCUT2D eigenvalue weighted by atomic mass is 16.2. The van der Waals surface area contributed by atoms with Crippen LogP contribution in [0.2, 0.25) is 0 Å². The highest BCUT2D eigenvalue weighted by Crippen LogP contribution is 2.15. The molecule has 1 heterocycles. The normalized spacial score (nSPS) is 22.8. The van der Waals surface area contributed by atoms with Crippen molar-refractivity contribution in [2.24, 2.45) is 5.73 Å². The maximum absolute atomic E-state index is 11.4. The predicted octanol–water partition coefficient (Wildman–Crippen LogP) is 0.139. The van der Waals surface area contributed by atoms with E-state index >= 15 is 0 Å². The van der Waals surface area contributed by atoms with E-state index in [0.717, 1.165) is 19.4 Å². The lowest BCUT2D eigenvalue weighted by Crippen LogP contribution is -2.43. The molecule has 1 atom stereocenters. The van der Waals surface area contributed by atoms with Crippen LogP contribution in [0.5, 0.6) is 0 Å². The molecule has 1 unspecified atom stereocenters. The summed E-state index contributed by atoms with van der Waals surface area (Å²) in [5.41, 5.74) is 5.28. The molecule has 0 aromatic heterocycles. The molecule has 4 nitrogen and oxygen atoms in total. The lowest BCUT2D eigenvalue weighted by atomic mass is 10.2. The van der Waals surface area contributed by atoms with Crippen LogP contribution in [-0.2, 0) is 0 Å². The second kappa shape index (κ2) is 4.30. The van der Waals surface area contributed by atoms with Gasteiger partial charge in [-0.3, -0.25) is 0 Å².